The Morgan fingerprint density at radius 3 is 1.67 bits per heavy atom. The number of methoxy groups -OCH3 is 2. The third-order valence-corrected chi connectivity index (χ3v) is 9.12. The maximum Gasteiger partial charge on any atom is 0.239 e. The summed E-state index contributed by atoms with van der Waals surface area (Å²) in [4.78, 5) is 24.6. The van der Waals surface area contributed by atoms with E-state index in [-0.39, 0.29) is 5.91 Å². The number of carbonyl (C=O) groups excluding carboxylic acids is 1. The molecule has 0 saturated carbocycles. The summed E-state index contributed by atoms with van der Waals surface area (Å²) in [7, 11) is 3.31. The van der Waals surface area contributed by atoms with Gasteiger partial charge in [0.25, 0.3) is 0 Å². The highest BCUT2D eigenvalue weighted by molar-refractivity contribution is 6.32. The van der Waals surface area contributed by atoms with Crippen molar-refractivity contribution in [2.24, 2.45) is 5.73 Å². The van der Waals surface area contributed by atoms with E-state index in [1.54, 1.807) is 21.1 Å². The summed E-state index contributed by atoms with van der Waals surface area (Å²) in [5, 5.41) is 12.4. The lowest BCUT2D eigenvalue weighted by molar-refractivity contribution is -0.132. The topological polar surface area (TPSA) is 115 Å². The monoisotopic (exact) mass is 698 g/mol. The van der Waals surface area contributed by atoms with Gasteiger partial charge in [0.15, 0.2) is 0 Å². The molecule has 254 valence electrons. The van der Waals surface area contributed by atoms with Gasteiger partial charge in [-0.1, -0.05) is 23.2 Å². The van der Waals surface area contributed by atoms with Gasteiger partial charge in [0.05, 0.1) is 53.7 Å². The number of rotatable bonds is 14. The quantitative estimate of drug-likeness (QED) is 0.0769. The van der Waals surface area contributed by atoms with Crippen LogP contribution in [-0.4, -0.2) is 67.2 Å². The Bertz CT molecular complexity index is 2140. The number of fused-ring (bicyclic) bond motifs is 4. The highest BCUT2D eigenvalue weighted by Crippen LogP contribution is 2.35. The molecular weight excluding hydrogens is 659 g/mol. The van der Waals surface area contributed by atoms with Gasteiger partial charge < -0.3 is 30.7 Å². The molecule has 6 rings (SSSR count). The standard InChI is InChI=1S/C38H40Cl2N6O3/c1-23(41)38(47)46(18-6-16-43-37-29-12-8-25(40)20-35(29)45-33-14-10-27(49-3)22-31(33)37)17-5-4-15-42-36-28-11-7-24(39)19-34(28)44-32-13-9-26(48-2)21-30(32)36/h7-14,19-23H,4-6,15-18,41H2,1-3H3,(H,42,44)(H,43,45)/t23-/m0/s1. The van der Waals surface area contributed by atoms with Crippen molar-refractivity contribution in [3.05, 3.63) is 82.8 Å². The average Bonchev–Trinajstić information content (AvgIpc) is 3.10. The van der Waals surface area contributed by atoms with Crippen molar-refractivity contribution in [3.63, 3.8) is 0 Å². The van der Waals surface area contributed by atoms with E-state index >= 15 is 0 Å². The fourth-order valence-corrected chi connectivity index (χ4v) is 6.50. The highest BCUT2D eigenvalue weighted by Gasteiger charge is 2.18. The number of amides is 1. The summed E-state index contributed by atoms with van der Waals surface area (Å²) in [6.45, 7) is 4.29. The SMILES string of the molecule is COc1ccc2nc3cc(Cl)ccc3c(NCCCCN(CCCNc3c4ccc(Cl)cc4nc4ccc(OC)cc34)C(=O)[C@H](C)N)c2c1. The number of hydrogen-bond acceptors (Lipinski definition) is 8. The van der Waals surface area contributed by atoms with Gasteiger partial charge in [-0.25, -0.2) is 9.97 Å². The van der Waals surface area contributed by atoms with E-state index in [0.29, 0.717) is 36.2 Å². The second-order valence-electron chi connectivity index (χ2n) is 12.1. The van der Waals surface area contributed by atoms with Gasteiger partial charge in [-0.3, -0.25) is 4.79 Å². The largest absolute Gasteiger partial charge is 0.497 e. The molecule has 4 aromatic carbocycles. The molecule has 0 unspecified atom stereocenters. The second kappa shape index (κ2) is 15.3. The Labute approximate surface area is 295 Å². The first-order valence-corrected chi connectivity index (χ1v) is 17.2. The molecule has 1 amide bonds. The first-order valence-electron chi connectivity index (χ1n) is 16.4. The van der Waals surface area contributed by atoms with Crippen LogP contribution in [0.1, 0.15) is 26.2 Å². The molecule has 0 aliphatic rings. The number of ether oxygens (including phenoxy) is 2. The van der Waals surface area contributed by atoms with Crippen LogP contribution in [-0.2, 0) is 4.79 Å². The van der Waals surface area contributed by atoms with Gasteiger partial charge in [-0.15, -0.1) is 0 Å². The lowest BCUT2D eigenvalue weighted by atomic mass is 10.1. The van der Waals surface area contributed by atoms with Crippen LogP contribution in [0.3, 0.4) is 0 Å². The molecule has 1 atom stereocenters. The summed E-state index contributed by atoms with van der Waals surface area (Å²) in [6.07, 6.45) is 2.40. The van der Waals surface area contributed by atoms with E-state index in [1.165, 1.54) is 0 Å². The zero-order valence-corrected chi connectivity index (χ0v) is 29.4. The molecule has 0 aliphatic carbocycles. The fourth-order valence-electron chi connectivity index (χ4n) is 6.17. The average molecular weight is 700 g/mol. The zero-order chi connectivity index (χ0) is 34.5. The normalized spacial score (nSPS) is 12.0. The van der Waals surface area contributed by atoms with Gasteiger partial charge in [0.2, 0.25) is 5.91 Å². The van der Waals surface area contributed by atoms with Crippen LogP contribution in [0.4, 0.5) is 11.4 Å². The first-order chi connectivity index (χ1) is 23.7. The molecule has 2 aromatic heterocycles. The predicted octanol–water partition coefficient (Wildman–Crippen LogP) is 8.28. The minimum atomic E-state index is -0.576. The maximum absolute atomic E-state index is 13.1. The summed E-state index contributed by atoms with van der Waals surface area (Å²) in [6, 6.07) is 22.6. The van der Waals surface area contributed by atoms with Crippen molar-refractivity contribution in [2.45, 2.75) is 32.2 Å². The molecule has 0 fully saturated rings. The molecule has 9 nitrogen and oxygen atoms in total. The van der Waals surface area contributed by atoms with Gasteiger partial charge in [-0.05, 0) is 99.0 Å². The Morgan fingerprint density at radius 2 is 1.18 bits per heavy atom. The number of benzene rings is 4. The minimum Gasteiger partial charge on any atom is -0.497 e. The smallest absolute Gasteiger partial charge is 0.239 e. The minimum absolute atomic E-state index is 0.0535. The zero-order valence-electron chi connectivity index (χ0n) is 27.9. The molecule has 2 heterocycles. The van der Waals surface area contributed by atoms with Gasteiger partial charge in [0.1, 0.15) is 11.5 Å². The summed E-state index contributed by atoms with van der Waals surface area (Å²) in [5.41, 5.74) is 11.4. The van der Waals surface area contributed by atoms with E-state index < -0.39 is 6.04 Å². The molecule has 0 radical (unpaired) electrons. The number of nitrogens with two attached hydrogens (primary N) is 1. The summed E-state index contributed by atoms with van der Waals surface area (Å²) < 4.78 is 11.0. The van der Waals surface area contributed by atoms with Crippen LogP contribution < -0.4 is 25.8 Å². The molecule has 49 heavy (non-hydrogen) atoms. The number of pyridine rings is 2. The van der Waals surface area contributed by atoms with Crippen LogP contribution in [0.25, 0.3) is 43.6 Å². The Kier molecular flexibility index (Phi) is 10.7. The fraction of sp³-hybridized carbons (Fsp3) is 0.289. The lowest BCUT2D eigenvalue weighted by Gasteiger charge is -2.25. The molecule has 6 aromatic rings. The first kappa shape index (κ1) is 34.3. The van der Waals surface area contributed by atoms with Crippen molar-refractivity contribution >= 4 is 84.1 Å². The molecule has 11 heteroatoms. The van der Waals surface area contributed by atoms with Crippen LogP contribution in [0.15, 0.2) is 72.8 Å². The van der Waals surface area contributed by atoms with Crippen molar-refractivity contribution in [1.29, 1.82) is 0 Å². The number of unbranched alkanes of at least 4 members (excludes halogenated alkanes) is 1. The van der Waals surface area contributed by atoms with Gasteiger partial charge >= 0.3 is 0 Å². The van der Waals surface area contributed by atoms with Crippen LogP contribution in [0.2, 0.25) is 10.0 Å². The van der Waals surface area contributed by atoms with Crippen molar-refractivity contribution in [3.8, 4) is 11.5 Å². The number of halogens is 2. The maximum atomic E-state index is 13.1. The van der Waals surface area contributed by atoms with Crippen molar-refractivity contribution in [1.82, 2.24) is 14.9 Å². The number of hydrogen-bond donors (Lipinski definition) is 3. The van der Waals surface area contributed by atoms with E-state index in [1.807, 2.05) is 77.7 Å². The lowest BCUT2D eigenvalue weighted by Crippen LogP contribution is -2.43. The van der Waals surface area contributed by atoms with Crippen molar-refractivity contribution < 1.29 is 14.3 Å². The van der Waals surface area contributed by atoms with E-state index in [4.69, 9.17) is 48.4 Å². The predicted molar refractivity (Wildman–Crippen MR) is 203 cm³/mol. The van der Waals surface area contributed by atoms with Gasteiger partial charge in [0, 0.05) is 57.8 Å². The molecular formula is C38H40Cl2N6O3. The Balaban J connectivity index is 1.11. The summed E-state index contributed by atoms with van der Waals surface area (Å²) >= 11 is 12.6. The van der Waals surface area contributed by atoms with E-state index in [2.05, 4.69) is 10.6 Å². The summed E-state index contributed by atoms with van der Waals surface area (Å²) in [5.74, 6) is 1.46. The Hall–Kier alpha value is -4.57. The number of nitrogens with one attached hydrogen (secondary N) is 2. The number of anilines is 2. The van der Waals surface area contributed by atoms with Crippen LogP contribution >= 0.6 is 23.2 Å². The number of carbonyl (C=O) groups is 1. The molecule has 0 aliphatic heterocycles. The van der Waals surface area contributed by atoms with Crippen LogP contribution in [0, 0.1) is 0 Å². The third-order valence-electron chi connectivity index (χ3n) is 8.65. The van der Waals surface area contributed by atoms with E-state index in [9.17, 15) is 4.79 Å². The number of aromatic nitrogens is 2. The number of nitrogens with zero attached hydrogens (tertiary/aromatic N) is 3. The second-order valence-corrected chi connectivity index (χ2v) is 13.0. The Morgan fingerprint density at radius 1 is 0.694 bits per heavy atom. The third kappa shape index (κ3) is 7.69. The molecule has 0 saturated heterocycles. The van der Waals surface area contributed by atoms with E-state index in [0.717, 1.165) is 85.7 Å². The molecule has 0 spiro atoms. The van der Waals surface area contributed by atoms with Gasteiger partial charge in [-0.2, -0.15) is 0 Å². The highest BCUT2D eigenvalue weighted by atomic mass is 35.5. The molecule has 0 bridgehead atoms. The van der Waals surface area contributed by atoms with Crippen LogP contribution in [0.5, 0.6) is 11.5 Å². The van der Waals surface area contributed by atoms with Crippen molar-refractivity contribution in [2.75, 3.05) is 51.0 Å². The molecule has 4 N–H and O–H groups in total.